The van der Waals surface area contributed by atoms with Gasteiger partial charge < -0.3 is 9.87 Å². The van der Waals surface area contributed by atoms with Crippen molar-refractivity contribution in [2.75, 3.05) is 12.3 Å². The molecule has 0 amide bonds. The van der Waals surface area contributed by atoms with Crippen molar-refractivity contribution in [3.8, 4) is 0 Å². The molecule has 0 fully saturated rings. The van der Waals surface area contributed by atoms with Gasteiger partial charge in [-0.15, -0.1) is 11.8 Å². The molecular weight excluding hydrogens is 343 g/mol. The smallest absolute Gasteiger partial charge is 0.384 e. The lowest BCUT2D eigenvalue weighted by atomic mass is 10.1. The summed E-state index contributed by atoms with van der Waals surface area (Å²) in [7, 11) is 0. The van der Waals surface area contributed by atoms with Crippen LogP contribution in [-0.2, 0) is 0 Å². The Hall–Kier alpha value is -1.31. The van der Waals surface area contributed by atoms with E-state index < -0.39 is 11.7 Å². The number of rotatable bonds is 6. The van der Waals surface area contributed by atoms with Crippen molar-refractivity contribution in [2.45, 2.75) is 17.5 Å². The van der Waals surface area contributed by atoms with E-state index in [9.17, 15) is 13.2 Å². The van der Waals surface area contributed by atoms with Gasteiger partial charge in [-0.05, 0) is 30.7 Å². The Morgan fingerprint density at radius 2 is 1.87 bits per heavy atom. The molecule has 0 unspecified atom stereocenters. The summed E-state index contributed by atoms with van der Waals surface area (Å²) in [4.78, 5) is 1.48. The Bertz CT molecular complexity index is 610. The third kappa shape index (κ3) is 5.67. The molecule has 7 heteroatoms. The maximum absolute atomic E-state index is 13.1. The van der Waals surface area contributed by atoms with E-state index in [1.54, 1.807) is 11.8 Å². The van der Waals surface area contributed by atoms with Crippen molar-refractivity contribution in [1.29, 1.82) is 0 Å². The van der Waals surface area contributed by atoms with E-state index in [1.807, 2.05) is 30.3 Å². The van der Waals surface area contributed by atoms with Crippen molar-refractivity contribution >= 4 is 23.8 Å². The minimum atomic E-state index is -4.40. The third-order valence-electron chi connectivity index (χ3n) is 3.12. The Morgan fingerprint density at radius 3 is 2.52 bits per heavy atom. The molecule has 2 rings (SSSR count). The van der Waals surface area contributed by atoms with Crippen LogP contribution in [0.2, 0.25) is 0 Å². The molecule has 1 aromatic rings. The van der Waals surface area contributed by atoms with Crippen LogP contribution >= 0.6 is 23.8 Å². The van der Waals surface area contributed by atoms with Crippen molar-refractivity contribution in [3.63, 3.8) is 0 Å². The maximum Gasteiger partial charge on any atom is 0.414 e. The van der Waals surface area contributed by atoms with E-state index in [2.05, 4.69) is 5.32 Å². The lowest BCUT2D eigenvalue weighted by molar-refractivity contribution is -0.0938. The SMILES string of the molecule is OSC1=CCC(C(F)(F)F)=C(NCCSc2ccccc2)C=C1. The zero-order chi connectivity index (χ0) is 16.7. The number of hydrogen-bond acceptors (Lipinski definition) is 4. The molecule has 23 heavy (non-hydrogen) atoms. The summed E-state index contributed by atoms with van der Waals surface area (Å²) >= 11 is 2.03. The Morgan fingerprint density at radius 1 is 1.13 bits per heavy atom. The standard InChI is InChI=1S/C16H16F3NOS2/c17-16(18,19)14-8-6-13(23-21)7-9-15(14)20-10-11-22-12-4-2-1-3-5-12/h1-7,9,20-21H,8,10-11H2. The third-order valence-corrected chi connectivity index (χ3v) is 4.65. The molecule has 0 aromatic heterocycles. The van der Waals surface area contributed by atoms with E-state index in [4.69, 9.17) is 4.55 Å². The molecule has 0 atom stereocenters. The number of hydrogen-bond donors (Lipinski definition) is 2. The molecule has 0 heterocycles. The molecule has 124 valence electrons. The largest absolute Gasteiger partial charge is 0.414 e. The van der Waals surface area contributed by atoms with Crippen LogP contribution in [0.25, 0.3) is 0 Å². The fourth-order valence-electron chi connectivity index (χ4n) is 2.02. The van der Waals surface area contributed by atoms with Gasteiger partial charge in [-0.25, -0.2) is 0 Å². The van der Waals surface area contributed by atoms with Crippen LogP contribution in [0.1, 0.15) is 6.42 Å². The van der Waals surface area contributed by atoms with Crippen molar-refractivity contribution in [3.05, 3.63) is 64.7 Å². The molecule has 0 aliphatic heterocycles. The molecule has 0 spiro atoms. The Labute approximate surface area is 141 Å². The van der Waals surface area contributed by atoms with Crippen LogP contribution in [0, 0.1) is 0 Å². The summed E-state index contributed by atoms with van der Waals surface area (Å²) < 4.78 is 48.4. The number of nitrogens with one attached hydrogen (secondary N) is 1. The molecule has 1 aliphatic carbocycles. The number of halogens is 3. The van der Waals surface area contributed by atoms with Crippen LogP contribution in [0.3, 0.4) is 0 Å². The molecule has 2 nitrogen and oxygen atoms in total. The fraction of sp³-hybridized carbons (Fsp3) is 0.250. The highest BCUT2D eigenvalue weighted by atomic mass is 32.2. The van der Waals surface area contributed by atoms with Gasteiger partial charge in [-0.2, -0.15) is 13.2 Å². The highest BCUT2D eigenvalue weighted by Crippen LogP contribution is 2.34. The predicted molar refractivity (Wildman–Crippen MR) is 90.3 cm³/mol. The first-order valence-electron chi connectivity index (χ1n) is 6.92. The molecule has 0 saturated heterocycles. The van der Waals surface area contributed by atoms with E-state index in [-0.39, 0.29) is 12.1 Å². The summed E-state index contributed by atoms with van der Waals surface area (Å²) in [6.45, 7) is 0.417. The van der Waals surface area contributed by atoms with Crippen molar-refractivity contribution < 1.29 is 17.7 Å². The van der Waals surface area contributed by atoms with Gasteiger partial charge in [0.25, 0.3) is 0 Å². The van der Waals surface area contributed by atoms with Crippen LogP contribution < -0.4 is 5.32 Å². The topological polar surface area (TPSA) is 32.3 Å². The van der Waals surface area contributed by atoms with Gasteiger partial charge in [-0.3, -0.25) is 0 Å². The first-order chi connectivity index (χ1) is 11.0. The quantitative estimate of drug-likeness (QED) is 0.414. The second-order valence-corrected chi connectivity index (χ2v) is 6.54. The van der Waals surface area contributed by atoms with E-state index in [1.165, 1.54) is 18.2 Å². The molecular formula is C16H16F3NOS2. The summed E-state index contributed by atoms with van der Waals surface area (Å²) in [5.41, 5.74) is -0.561. The number of allylic oxidation sites excluding steroid dienone is 4. The minimum absolute atomic E-state index is 0.0615. The lowest BCUT2D eigenvalue weighted by Gasteiger charge is -2.15. The van der Waals surface area contributed by atoms with Crippen LogP contribution in [0.4, 0.5) is 13.2 Å². The summed E-state index contributed by atoms with van der Waals surface area (Å²) in [5.74, 6) is 0.654. The molecule has 2 N–H and O–H groups in total. The monoisotopic (exact) mass is 359 g/mol. The van der Waals surface area contributed by atoms with Crippen LogP contribution in [0.15, 0.2) is 69.6 Å². The van der Waals surface area contributed by atoms with Crippen molar-refractivity contribution in [2.24, 2.45) is 0 Å². The average molecular weight is 359 g/mol. The predicted octanol–water partition coefficient (Wildman–Crippen LogP) is 5.23. The highest BCUT2D eigenvalue weighted by molar-refractivity contribution is 7.99. The van der Waals surface area contributed by atoms with Gasteiger partial charge in [0.05, 0.1) is 5.57 Å². The van der Waals surface area contributed by atoms with Crippen molar-refractivity contribution in [1.82, 2.24) is 5.32 Å². The normalized spacial score (nSPS) is 15.4. The maximum atomic E-state index is 13.1. The zero-order valence-electron chi connectivity index (χ0n) is 12.1. The van der Waals surface area contributed by atoms with Gasteiger partial charge in [0.1, 0.15) is 0 Å². The summed E-state index contributed by atoms with van der Waals surface area (Å²) in [6, 6.07) is 9.70. The van der Waals surface area contributed by atoms with E-state index in [0.29, 0.717) is 29.2 Å². The Kier molecular flexibility index (Phi) is 6.68. The zero-order valence-corrected chi connectivity index (χ0v) is 13.8. The molecule has 1 aliphatic rings. The Balaban J connectivity index is 1.98. The number of thioether (sulfide) groups is 1. The molecule has 0 bridgehead atoms. The van der Waals surface area contributed by atoms with Gasteiger partial charge in [0, 0.05) is 39.8 Å². The first-order valence-corrected chi connectivity index (χ1v) is 8.68. The van der Waals surface area contributed by atoms with Gasteiger partial charge in [-0.1, -0.05) is 24.3 Å². The molecule has 0 saturated carbocycles. The highest BCUT2D eigenvalue weighted by Gasteiger charge is 2.35. The average Bonchev–Trinajstić information content (AvgIpc) is 2.74. The van der Waals surface area contributed by atoms with Gasteiger partial charge in [0.15, 0.2) is 0 Å². The van der Waals surface area contributed by atoms with E-state index in [0.717, 1.165) is 4.90 Å². The first kappa shape index (κ1) is 18.0. The lowest BCUT2D eigenvalue weighted by Crippen LogP contribution is -2.23. The second kappa shape index (κ2) is 8.52. The molecule has 1 aromatic carbocycles. The molecule has 0 radical (unpaired) electrons. The van der Waals surface area contributed by atoms with E-state index >= 15 is 0 Å². The number of alkyl halides is 3. The van der Waals surface area contributed by atoms with Gasteiger partial charge >= 0.3 is 6.18 Å². The second-order valence-electron chi connectivity index (χ2n) is 4.71. The van der Waals surface area contributed by atoms with Crippen LogP contribution in [-0.4, -0.2) is 23.0 Å². The summed E-state index contributed by atoms with van der Waals surface area (Å²) in [6.07, 6.45) is -0.426. The van der Waals surface area contributed by atoms with Gasteiger partial charge in [0.2, 0.25) is 0 Å². The summed E-state index contributed by atoms with van der Waals surface area (Å²) in [5, 5.41) is 2.86. The van der Waals surface area contributed by atoms with Crippen LogP contribution in [0.5, 0.6) is 0 Å². The number of benzene rings is 1. The minimum Gasteiger partial charge on any atom is -0.384 e. The fourth-order valence-corrected chi connectivity index (χ4v) is 3.10.